The first-order chi connectivity index (χ1) is 19.2. The molecule has 0 aliphatic carbocycles. The van der Waals surface area contributed by atoms with E-state index in [-0.39, 0.29) is 24.0 Å². The lowest BCUT2D eigenvalue weighted by Gasteiger charge is -2.14. The molecule has 2 N–H and O–H groups in total. The summed E-state index contributed by atoms with van der Waals surface area (Å²) in [5, 5.41) is 14.3. The van der Waals surface area contributed by atoms with Crippen LogP contribution in [0.25, 0.3) is 5.69 Å². The van der Waals surface area contributed by atoms with Crippen molar-refractivity contribution in [3.8, 4) is 11.4 Å². The van der Waals surface area contributed by atoms with Crippen LogP contribution in [0.15, 0.2) is 78.0 Å². The summed E-state index contributed by atoms with van der Waals surface area (Å²) in [6, 6.07) is 18.2. The number of alkyl halides is 3. The molecule has 2 amide bonds. The van der Waals surface area contributed by atoms with Crippen LogP contribution >= 0.6 is 23.4 Å². The highest BCUT2D eigenvalue weighted by atomic mass is 35.5. The molecular weight excluding hydrogens is 567 g/mol. The van der Waals surface area contributed by atoms with E-state index < -0.39 is 23.2 Å². The molecular formula is C27H23ClF3N5O3S. The number of hydrogen-bond acceptors (Lipinski definition) is 6. The second kappa shape index (κ2) is 12.9. The molecule has 1 aromatic heterocycles. The fourth-order valence-electron chi connectivity index (χ4n) is 3.69. The van der Waals surface area contributed by atoms with Gasteiger partial charge in [0.05, 0.1) is 35.7 Å². The predicted octanol–water partition coefficient (Wildman–Crippen LogP) is 6.00. The molecule has 0 radical (unpaired) electrons. The summed E-state index contributed by atoms with van der Waals surface area (Å²) < 4.78 is 47.1. The Kier molecular flexibility index (Phi) is 9.33. The molecule has 0 aliphatic rings. The Morgan fingerprint density at radius 1 is 1.02 bits per heavy atom. The molecule has 1 heterocycles. The molecule has 40 heavy (non-hydrogen) atoms. The molecule has 0 saturated heterocycles. The molecule has 4 aromatic rings. The first kappa shape index (κ1) is 29.0. The Morgan fingerprint density at radius 3 is 2.48 bits per heavy atom. The molecule has 8 nitrogen and oxygen atoms in total. The number of anilines is 1. The molecule has 0 unspecified atom stereocenters. The van der Waals surface area contributed by atoms with Gasteiger partial charge in [-0.2, -0.15) is 13.2 Å². The minimum absolute atomic E-state index is 0.0166. The summed E-state index contributed by atoms with van der Waals surface area (Å²) in [5.41, 5.74) is -0.414. The van der Waals surface area contributed by atoms with E-state index in [9.17, 15) is 22.8 Å². The van der Waals surface area contributed by atoms with Gasteiger partial charge in [0.1, 0.15) is 5.75 Å². The van der Waals surface area contributed by atoms with Crippen LogP contribution in [0.3, 0.4) is 0 Å². The van der Waals surface area contributed by atoms with Crippen molar-refractivity contribution in [2.75, 3.05) is 17.7 Å². The van der Waals surface area contributed by atoms with Gasteiger partial charge in [0.2, 0.25) is 5.91 Å². The van der Waals surface area contributed by atoms with E-state index in [0.29, 0.717) is 33.9 Å². The number of ether oxygens (including phenoxy) is 1. The van der Waals surface area contributed by atoms with Crippen LogP contribution < -0.4 is 15.4 Å². The molecule has 0 aliphatic heterocycles. The average molecular weight is 590 g/mol. The number of thioether (sulfide) groups is 1. The van der Waals surface area contributed by atoms with Crippen LogP contribution in [0.4, 0.5) is 18.9 Å². The van der Waals surface area contributed by atoms with Gasteiger partial charge in [0.25, 0.3) is 5.91 Å². The lowest BCUT2D eigenvalue weighted by molar-refractivity contribution is -0.138. The summed E-state index contributed by atoms with van der Waals surface area (Å²) in [7, 11) is 0. The van der Waals surface area contributed by atoms with Gasteiger partial charge in [-0.15, -0.1) is 10.2 Å². The number of amides is 2. The summed E-state index contributed by atoms with van der Waals surface area (Å²) in [5.74, 6) is -0.316. The predicted molar refractivity (Wildman–Crippen MR) is 146 cm³/mol. The van der Waals surface area contributed by atoms with Gasteiger partial charge in [-0.3, -0.25) is 14.2 Å². The quantitative estimate of drug-likeness (QED) is 0.220. The molecule has 4 rings (SSSR count). The molecule has 3 aromatic carbocycles. The Balaban J connectivity index is 1.50. The van der Waals surface area contributed by atoms with E-state index >= 15 is 0 Å². The number of nitrogens with zero attached hydrogens (tertiary/aromatic N) is 3. The number of hydrogen-bond donors (Lipinski definition) is 2. The number of halogens is 4. The number of benzene rings is 3. The normalized spacial score (nSPS) is 11.2. The highest BCUT2D eigenvalue weighted by Gasteiger charge is 2.34. The number of aromatic nitrogens is 3. The zero-order valence-electron chi connectivity index (χ0n) is 21.0. The van der Waals surface area contributed by atoms with Crippen LogP contribution in [-0.2, 0) is 17.5 Å². The zero-order chi connectivity index (χ0) is 28.7. The van der Waals surface area contributed by atoms with Crippen molar-refractivity contribution in [2.24, 2.45) is 0 Å². The molecule has 0 spiro atoms. The molecule has 0 saturated carbocycles. The van der Waals surface area contributed by atoms with Crippen molar-refractivity contribution >= 4 is 40.9 Å². The molecule has 0 bridgehead atoms. The van der Waals surface area contributed by atoms with Gasteiger partial charge in [-0.05, 0) is 61.5 Å². The lowest BCUT2D eigenvalue weighted by Crippen LogP contribution is -2.27. The zero-order valence-corrected chi connectivity index (χ0v) is 22.6. The standard InChI is InChI=1S/C27H23ClF3N5O3S/c1-2-39-20-12-10-18(11-13-20)33-24(37)16-40-26-35-34-23(36(26)19-7-5-6-17(28)14-19)15-32-25(38)21-8-3-4-9-22(21)27(29,30)31/h3-14H,2,15-16H2,1H3,(H,32,38)(H,33,37). The number of nitrogens with one attached hydrogen (secondary N) is 2. The summed E-state index contributed by atoms with van der Waals surface area (Å²) in [6.45, 7) is 2.17. The van der Waals surface area contributed by atoms with Gasteiger partial charge in [0.15, 0.2) is 11.0 Å². The Labute approximate surface area is 236 Å². The maximum Gasteiger partial charge on any atom is 0.417 e. The Morgan fingerprint density at radius 2 is 1.77 bits per heavy atom. The van der Waals surface area contributed by atoms with Crippen molar-refractivity contribution < 1.29 is 27.5 Å². The third-order valence-electron chi connectivity index (χ3n) is 5.43. The Bertz CT molecular complexity index is 1500. The average Bonchev–Trinajstić information content (AvgIpc) is 3.34. The second-order valence-corrected chi connectivity index (χ2v) is 9.61. The minimum atomic E-state index is -4.69. The van der Waals surface area contributed by atoms with Crippen LogP contribution in [0.2, 0.25) is 5.02 Å². The van der Waals surface area contributed by atoms with Gasteiger partial charge in [-0.25, -0.2) is 0 Å². The monoisotopic (exact) mass is 589 g/mol. The van der Waals surface area contributed by atoms with Gasteiger partial charge < -0.3 is 15.4 Å². The van der Waals surface area contributed by atoms with E-state index in [0.717, 1.165) is 23.9 Å². The number of rotatable bonds is 10. The highest BCUT2D eigenvalue weighted by Crippen LogP contribution is 2.32. The van der Waals surface area contributed by atoms with Crippen LogP contribution in [0.1, 0.15) is 28.7 Å². The van der Waals surface area contributed by atoms with E-state index in [4.69, 9.17) is 16.3 Å². The van der Waals surface area contributed by atoms with E-state index in [1.165, 1.54) is 12.1 Å². The first-order valence-electron chi connectivity index (χ1n) is 12.0. The SMILES string of the molecule is CCOc1ccc(NC(=O)CSc2nnc(CNC(=O)c3ccccc3C(F)(F)F)n2-c2cccc(Cl)c2)cc1. The Hall–Kier alpha value is -4.03. The van der Waals surface area contributed by atoms with Crippen LogP contribution in [0.5, 0.6) is 5.75 Å². The largest absolute Gasteiger partial charge is 0.494 e. The topological polar surface area (TPSA) is 98.1 Å². The summed E-state index contributed by atoms with van der Waals surface area (Å²) in [6.07, 6.45) is -4.69. The molecule has 0 atom stereocenters. The van der Waals surface area contributed by atoms with E-state index in [2.05, 4.69) is 20.8 Å². The molecule has 0 fully saturated rings. The molecule has 208 valence electrons. The fraction of sp³-hybridized carbons (Fsp3) is 0.185. The van der Waals surface area contributed by atoms with Crippen LogP contribution in [-0.4, -0.2) is 38.9 Å². The molecule has 13 heteroatoms. The van der Waals surface area contributed by atoms with Crippen molar-refractivity contribution in [2.45, 2.75) is 24.8 Å². The van der Waals surface area contributed by atoms with Crippen LogP contribution in [0, 0.1) is 0 Å². The van der Waals surface area contributed by atoms with Gasteiger partial charge in [0, 0.05) is 10.7 Å². The highest BCUT2D eigenvalue weighted by molar-refractivity contribution is 7.99. The summed E-state index contributed by atoms with van der Waals surface area (Å²) in [4.78, 5) is 25.3. The number of carbonyl (C=O) groups is 2. The minimum Gasteiger partial charge on any atom is -0.494 e. The smallest absolute Gasteiger partial charge is 0.417 e. The van der Waals surface area contributed by atoms with E-state index in [1.54, 1.807) is 53.1 Å². The van der Waals surface area contributed by atoms with Gasteiger partial charge in [-0.1, -0.05) is 41.6 Å². The van der Waals surface area contributed by atoms with Gasteiger partial charge >= 0.3 is 6.18 Å². The van der Waals surface area contributed by atoms with Crippen molar-refractivity contribution in [1.82, 2.24) is 20.1 Å². The van der Waals surface area contributed by atoms with Crippen molar-refractivity contribution in [3.63, 3.8) is 0 Å². The second-order valence-electron chi connectivity index (χ2n) is 8.23. The third-order valence-corrected chi connectivity index (χ3v) is 6.60. The maximum atomic E-state index is 13.4. The maximum absolute atomic E-state index is 13.4. The van der Waals surface area contributed by atoms with Crippen molar-refractivity contribution in [3.05, 3.63) is 94.8 Å². The lowest BCUT2D eigenvalue weighted by atomic mass is 10.1. The third kappa shape index (κ3) is 7.33. The first-order valence-corrected chi connectivity index (χ1v) is 13.3. The van der Waals surface area contributed by atoms with Crippen molar-refractivity contribution in [1.29, 1.82) is 0 Å². The summed E-state index contributed by atoms with van der Waals surface area (Å²) >= 11 is 7.26. The fourth-order valence-corrected chi connectivity index (χ4v) is 4.65. The number of carbonyl (C=O) groups excluding carboxylic acids is 2. The van der Waals surface area contributed by atoms with E-state index in [1.807, 2.05) is 6.92 Å².